The Kier molecular flexibility index (Phi) is 3.42. The van der Waals surface area contributed by atoms with Gasteiger partial charge in [-0.2, -0.15) is 11.3 Å². The Morgan fingerprint density at radius 1 is 1.06 bits per heavy atom. The van der Waals surface area contributed by atoms with Crippen molar-refractivity contribution in [1.29, 1.82) is 0 Å². The average molecular weight is 231 g/mol. The van der Waals surface area contributed by atoms with Crippen molar-refractivity contribution < 1.29 is 0 Å². The predicted octanol–water partition coefficient (Wildman–Crippen LogP) is 3.25. The molecule has 0 fully saturated rings. The first-order chi connectivity index (χ1) is 7.66. The molecule has 0 aliphatic rings. The molecule has 1 unspecified atom stereocenters. The molecule has 0 radical (unpaired) electrons. The normalized spacial score (nSPS) is 14.6. The Morgan fingerprint density at radius 3 is 2.38 bits per heavy atom. The van der Waals surface area contributed by atoms with Gasteiger partial charge in [0, 0.05) is 5.54 Å². The maximum atomic E-state index is 6.34. The SMILES string of the molecule is CC(N)(Cc1ccccc1)Cc1ccsc1. The van der Waals surface area contributed by atoms with E-state index in [1.807, 2.05) is 6.07 Å². The zero-order valence-electron chi connectivity index (χ0n) is 9.52. The molecule has 0 saturated carbocycles. The first kappa shape index (κ1) is 11.4. The van der Waals surface area contributed by atoms with Gasteiger partial charge in [-0.1, -0.05) is 30.3 Å². The fourth-order valence-electron chi connectivity index (χ4n) is 1.98. The molecule has 84 valence electrons. The first-order valence-corrected chi connectivity index (χ1v) is 6.44. The minimum Gasteiger partial charge on any atom is -0.325 e. The van der Waals surface area contributed by atoms with Crippen LogP contribution in [0.3, 0.4) is 0 Å². The van der Waals surface area contributed by atoms with Gasteiger partial charge < -0.3 is 5.73 Å². The molecule has 1 aromatic carbocycles. The maximum Gasteiger partial charge on any atom is 0.0207 e. The Morgan fingerprint density at radius 2 is 1.75 bits per heavy atom. The van der Waals surface area contributed by atoms with Crippen molar-refractivity contribution in [3.05, 3.63) is 58.3 Å². The Hall–Kier alpha value is -1.12. The number of benzene rings is 1. The highest BCUT2D eigenvalue weighted by molar-refractivity contribution is 7.07. The van der Waals surface area contributed by atoms with Crippen molar-refractivity contribution in [2.24, 2.45) is 5.73 Å². The summed E-state index contributed by atoms with van der Waals surface area (Å²) in [6, 6.07) is 12.6. The predicted molar refractivity (Wildman–Crippen MR) is 70.8 cm³/mol. The van der Waals surface area contributed by atoms with Gasteiger partial charge >= 0.3 is 0 Å². The molecule has 1 nitrogen and oxygen atoms in total. The Balaban J connectivity index is 2.03. The second-order valence-electron chi connectivity index (χ2n) is 4.62. The standard InChI is InChI=1S/C14H17NS/c1-14(15,10-13-7-8-16-11-13)9-12-5-3-2-4-6-12/h2-8,11H,9-10,15H2,1H3. The molecule has 0 aliphatic carbocycles. The summed E-state index contributed by atoms with van der Waals surface area (Å²) in [4.78, 5) is 0. The molecule has 1 atom stereocenters. The molecule has 2 rings (SSSR count). The Bertz CT molecular complexity index is 417. The fourth-order valence-corrected chi connectivity index (χ4v) is 2.65. The first-order valence-electron chi connectivity index (χ1n) is 5.50. The van der Waals surface area contributed by atoms with Crippen molar-refractivity contribution in [3.63, 3.8) is 0 Å². The van der Waals surface area contributed by atoms with E-state index in [-0.39, 0.29) is 5.54 Å². The minimum atomic E-state index is -0.164. The molecule has 0 bridgehead atoms. The second kappa shape index (κ2) is 4.81. The van der Waals surface area contributed by atoms with Crippen LogP contribution in [0, 0.1) is 0 Å². The highest BCUT2D eigenvalue weighted by Gasteiger charge is 2.19. The Labute approximate surface area is 101 Å². The van der Waals surface area contributed by atoms with Gasteiger partial charge in [-0.05, 0) is 47.7 Å². The summed E-state index contributed by atoms with van der Waals surface area (Å²) >= 11 is 1.73. The molecular weight excluding hydrogens is 214 g/mol. The van der Waals surface area contributed by atoms with Crippen LogP contribution in [-0.4, -0.2) is 5.54 Å². The lowest BCUT2D eigenvalue weighted by atomic mass is 9.88. The van der Waals surface area contributed by atoms with Gasteiger partial charge in [0.25, 0.3) is 0 Å². The largest absolute Gasteiger partial charge is 0.325 e. The third-order valence-corrected chi connectivity index (χ3v) is 3.37. The van der Waals surface area contributed by atoms with Crippen molar-refractivity contribution in [1.82, 2.24) is 0 Å². The third kappa shape index (κ3) is 3.19. The van der Waals surface area contributed by atoms with E-state index in [0.717, 1.165) is 12.8 Å². The van der Waals surface area contributed by atoms with Gasteiger partial charge in [0.05, 0.1) is 0 Å². The van der Waals surface area contributed by atoms with Gasteiger partial charge in [-0.25, -0.2) is 0 Å². The molecule has 16 heavy (non-hydrogen) atoms. The molecule has 0 amide bonds. The molecule has 1 aromatic heterocycles. The highest BCUT2D eigenvalue weighted by atomic mass is 32.1. The number of hydrogen-bond donors (Lipinski definition) is 1. The monoisotopic (exact) mass is 231 g/mol. The van der Waals surface area contributed by atoms with Gasteiger partial charge in [-0.15, -0.1) is 0 Å². The lowest BCUT2D eigenvalue weighted by Crippen LogP contribution is -2.40. The van der Waals surface area contributed by atoms with Gasteiger partial charge in [-0.3, -0.25) is 0 Å². The molecule has 2 N–H and O–H groups in total. The van der Waals surface area contributed by atoms with Crippen LogP contribution in [-0.2, 0) is 12.8 Å². The van der Waals surface area contributed by atoms with Crippen LogP contribution in [0.5, 0.6) is 0 Å². The van der Waals surface area contributed by atoms with Crippen LogP contribution in [0.4, 0.5) is 0 Å². The highest BCUT2D eigenvalue weighted by Crippen LogP contribution is 2.18. The van der Waals surface area contributed by atoms with Crippen molar-refractivity contribution in [2.75, 3.05) is 0 Å². The van der Waals surface area contributed by atoms with Crippen molar-refractivity contribution in [2.45, 2.75) is 25.3 Å². The van der Waals surface area contributed by atoms with Crippen LogP contribution in [0.15, 0.2) is 47.2 Å². The van der Waals surface area contributed by atoms with E-state index < -0.39 is 0 Å². The quantitative estimate of drug-likeness (QED) is 0.859. The van der Waals surface area contributed by atoms with Crippen molar-refractivity contribution >= 4 is 11.3 Å². The number of nitrogens with two attached hydrogens (primary N) is 1. The second-order valence-corrected chi connectivity index (χ2v) is 5.40. The molecule has 2 heteroatoms. The van der Waals surface area contributed by atoms with E-state index in [1.165, 1.54) is 11.1 Å². The summed E-state index contributed by atoms with van der Waals surface area (Å²) in [5.74, 6) is 0. The smallest absolute Gasteiger partial charge is 0.0207 e. The summed E-state index contributed by atoms with van der Waals surface area (Å²) in [7, 11) is 0. The van der Waals surface area contributed by atoms with E-state index in [2.05, 4.69) is 48.0 Å². The summed E-state index contributed by atoms with van der Waals surface area (Å²) in [6.45, 7) is 2.12. The molecule has 2 aromatic rings. The summed E-state index contributed by atoms with van der Waals surface area (Å²) in [6.07, 6.45) is 1.86. The number of rotatable bonds is 4. The van der Waals surface area contributed by atoms with Crippen LogP contribution in [0.25, 0.3) is 0 Å². The van der Waals surface area contributed by atoms with Gasteiger partial charge in [0.2, 0.25) is 0 Å². The number of hydrogen-bond acceptors (Lipinski definition) is 2. The molecule has 1 heterocycles. The zero-order valence-corrected chi connectivity index (χ0v) is 10.3. The van der Waals surface area contributed by atoms with Crippen LogP contribution in [0.1, 0.15) is 18.1 Å². The average Bonchev–Trinajstić information content (AvgIpc) is 2.70. The summed E-state index contributed by atoms with van der Waals surface area (Å²) in [5, 5.41) is 4.28. The van der Waals surface area contributed by atoms with Crippen LogP contribution < -0.4 is 5.73 Å². The fraction of sp³-hybridized carbons (Fsp3) is 0.286. The van der Waals surface area contributed by atoms with E-state index in [1.54, 1.807) is 11.3 Å². The van der Waals surface area contributed by atoms with E-state index in [0.29, 0.717) is 0 Å². The maximum absolute atomic E-state index is 6.34. The molecule has 0 saturated heterocycles. The van der Waals surface area contributed by atoms with Crippen molar-refractivity contribution in [3.8, 4) is 0 Å². The molecule has 0 aliphatic heterocycles. The summed E-state index contributed by atoms with van der Waals surface area (Å²) < 4.78 is 0. The third-order valence-electron chi connectivity index (χ3n) is 2.64. The van der Waals surface area contributed by atoms with Crippen LogP contribution in [0.2, 0.25) is 0 Å². The van der Waals surface area contributed by atoms with E-state index in [4.69, 9.17) is 5.73 Å². The minimum absolute atomic E-state index is 0.164. The molecule has 0 spiro atoms. The zero-order chi connectivity index (χ0) is 11.4. The van der Waals surface area contributed by atoms with E-state index in [9.17, 15) is 0 Å². The topological polar surface area (TPSA) is 26.0 Å². The lowest BCUT2D eigenvalue weighted by Gasteiger charge is -2.24. The molecular formula is C14H17NS. The number of thiophene rings is 1. The lowest BCUT2D eigenvalue weighted by molar-refractivity contribution is 0.463. The van der Waals surface area contributed by atoms with Gasteiger partial charge in [0.15, 0.2) is 0 Å². The van der Waals surface area contributed by atoms with E-state index >= 15 is 0 Å². The summed E-state index contributed by atoms with van der Waals surface area (Å²) in [5.41, 5.74) is 8.83. The van der Waals surface area contributed by atoms with Gasteiger partial charge in [0.1, 0.15) is 0 Å². The van der Waals surface area contributed by atoms with Crippen LogP contribution >= 0.6 is 11.3 Å².